The Morgan fingerprint density at radius 2 is 1.92 bits per heavy atom. The number of rotatable bonds is 9. The van der Waals surface area contributed by atoms with E-state index in [2.05, 4.69) is 22.7 Å². The molecule has 0 unspecified atom stereocenters. The first-order valence-corrected chi connectivity index (χ1v) is 8.97. The lowest BCUT2D eigenvalue weighted by atomic mass is 10.2. The number of amides is 1. The predicted octanol–water partition coefficient (Wildman–Crippen LogP) is 2.95. The Morgan fingerprint density at radius 3 is 2.40 bits per heavy atom. The molecule has 0 radical (unpaired) electrons. The summed E-state index contributed by atoms with van der Waals surface area (Å²) in [6.45, 7) is 1.64. The number of alkyl halides is 3. The van der Waals surface area contributed by atoms with Crippen LogP contribution in [0.4, 0.5) is 13.2 Å². The van der Waals surface area contributed by atoms with Gasteiger partial charge in [-0.3, -0.25) is 4.79 Å². The molecule has 5 nitrogen and oxygen atoms in total. The normalized spacial score (nSPS) is 13.8. The standard InChI is InChI=1S/C15H18F3NO4S2/c1-9(6-24)13(20)19-12(14(21)22)8-25-7-10-2-4-11(5-3-10)23-15(16,17)18/h2-5,9,12,24H,6-8H2,1H3,(H,19,20)(H,21,22)/t9-,12+/m1/s1. The fourth-order valence-corrected chi connectivity index (χ4v) is 2.83. The van der Waals surface area contributed by atoms with Gasteiger partial charge in [0.15, 0.2) is 0 Å². The summed E-state index contributed by atoms with van der Waals surface area (Å²) in [6.07, 6.45) is -4.74. The van der Waals surface area contributed by atoms with Crippen LogP contribution in [0.5, 0.6) is 5.75 Å². The van der Waals surface area contributed by atoms with Gasteiger partial charge in [0.1, 0.15) is 11.8 Å². The van der Waals surface area contributed by atoms with Crippen molar-refractivity contribution < 1.29 is 32.6 Å². The van der Waals surface area contributed by atoms with Crippen molar-refractivity contribution in [3.05, 3.63) is 29.8 Å². The molecule has 0 heterocycles. The Morgan fingerprint density at radius 1 is 1.32 bits per heavy atom. The summed E-state index contributed by atoms with van der Waals surface area (Å²) in [7, 11) is 0. The first-order valence-electron chi connectivity index (χ1n) is 7.19. The number of aliphatic carboxylic acids is 1. The molecule has 1 aromatic rings. The number of benzene rings is 1. The van der Waals surface area contributed by atoms with Crippen LogP contribution in [0.2, 0.25) is 0 Å². The Bertz CT molecular complexity index is 581. The Hall–Kier alpha value is -1.55. The third-order valence-electron chi connectivity index (χ3n) is 3.05. The van der Waals surface area contributed by atoms with Crippen LogP contribution in [0.3, 0.4) is 0 Å². The largest absolute Gasteiger partial charge is 0.573 e. The maximum atomic E-state index is 12.1. The molecule has 0 spiro atoms. The number of nitrogens with one attached hydrogen (secondary N) is 1. The SMILES string of the molecule is C[C@H](CS)C(=O)N[C@@H](CSCc1ccc(OC(F)(F)F)cc1)C(=O)O. The van der Waals surface area contributed by atoms with E-state index in [0.717, 1.165) is 0 Å². The molecule has 10 heteroatoms. The number of carboxylic acid groups (broad SMARTS) is 1. The molecule has 1 aromatic carbocycles. The number of halogens is 3. The van der Waals surface area contributed by atoms with E-state index in [0.29, 0.717) is 17.1 Å². The zero-order valence-corrected chi connectivity index (χ0v) is 15.0. The third kappa shape index (κ3) is 8.39. The van der Waals surface area contributed by atoms with Crippen LogP contribution in [0.1, 0.15) is 12.5 Å². The highest BCUT2D eigenvalue weighted by molar-refractivity contribution is 7.98. The quantitative estimate of drug-likeness (QED) is 0.559. The van der Waals surface area contributed by atoms with Crippen molar-refractivity contribution >= 4 is 36.3 Å². The van der Waals surface area contributed by atoms with Gasteiger partial charge in [-0.25, -0.2) is 4.79 Å². The van der Waals surface area contributed by atoms with Crippen molar-refractivity contribution in [2.75, 3.05) is 11.5 Å². The van der Waals surface area contributed by atoms with Gasteiger partial charge < -0.3 is 15.2 Å². The molecule has 0 aliphatic rings. The average Bonchev–Trinajstić information content (AvgIpc) is 2.53. The molecule has 1 amide bonds. The van der Waals surface area contributed by atoms with Gasteiger partial charge in [-0.2, -0.15) is 24.4 Å². The highest BCUT2D eigenvalue weighted by Crippen LogP contribution is 2.24. The number of ether oxygens (including phenoxy) is 1. The van der Waals surface area contributed by atoms with Gasteiger partial charge in [0.2, 0.25) is 5.91 Å². The van der Waals surface area contributed by atoms with Crippen molar-refractivity contribution in [2.45, 2.75) is 25.1 Å². The van der Waals surface area contributed by atoms with E-state index in [-0.39, 0.29) is 11.5 Å². The van der Waals surface area contributed by atoms with Crippen LogP contribution in [-0.2, 0) is 15.3 Å². The fraction of sp³-hybridized carbons (Fsp3) is 0.467. The van der Waals surface area contributed by atoms with Crippen molar-refractivity contribution in [3.63, 3.8) is 0 Å². The molecule has 2 N–H and O–H groups in total. The lowest BCUT2D eigenvalue weighted by Crippen LogP contribution is -2.45. The van der Waals surface area contributed by atoms with E-state index in [1.807, 2.05) is 0 Å². The first kappa shape index (κ1) is 21.5. The topological polar surface area (TPSA) is 75.6 Å². The number of hydrogen-bond donors (Lipinski definition) is 3. The van der Waals surface area contributed by atoms with Crippen molar-refractivity contribution in [1.29, 1.82) is 0 Å². The van der Waals surface area contributed by atoms with Crippen LogP contribution in [0.15, 0.2) is 24.3 Å². The molecule has 0 fully saturated rings. The molecule has 0 saturated carbocycles. The van der Waals surface area contributed by atoms with Gasteiger partial charge in [0, 0.05) is 23.2 Å². The second kappa shape index (κ2) is 9.81. The smallest absolute Gasteiger partial charge is 0.480 e. The minimum absolute atomic E-state index is 0.126. The summed E-state index contributed by atoms with van der Waals surface area (Å²) in [5.74, 6) is -1.46. The number of carbonyl (C=O) groups excluding carboxylic acids is 1. The van der Waals surface area contributed by atoms with Crippen molar-refractivity contribution in [2.24, 2.45) is 5.92 Å². The molecule has 0 aliphatic carbocycles. The van der Waals surface area contributed by atoms with Crippen LogP contribution in [-0.4, -0.2) is 40.9 Å². The van der Waals surface area contributed by atoms with Crippen LogP contribution in [0.25, 0.3) is 0 Å². The first-order chi connectivity index (χ1) is 11.6. The number of carboxylic acids is 1. The minimum Gasteiger partial charge on any atom is -0.480 e. The molecular weight excluding hydrogens is 379 g/mol. The summed E-state index contributed by atoms with van der Waals surface area (Å²) in [6, 6.07) is 4.26. The number of thiol groups is 1. The minimum atomic E-state index is -4.74. The number of thioether (sulfide) groups is 1. The molecule has 140 valence electrons. The summed E-state index contributed by atoms with van der Waals surface area (Å²) in [4.78, 5) is 22.9. The lowest BCUT2D eigenvalue weighted by Gasteiger charge is -2.16. The van der Waals surface area contributed by atoms with Crippen molar-refractivity contribution in [3.8, 4) is 5.75 Å². The maximum absolute atomic E-state index is 12.1. The van der Waals surface area contributed by atoms with Gasteiger partial charge in [0.25, 0.3) is 0 Å². The van der Waals surface area contributed by atoms with Gasteiger partial charge in [0.05, 0.1) is 0 Å². The molecule has 2 atom stereocenters. The summed E-state index contributed by atoms with van der Waals surface area (Å²) in [5, 5.41) is 11.6. The third-order valence-corrected chi connectivity index (χ3v) is 4.70. The Labute approximate surface area is 152 Å². The molecular formula is C15H18F3NO4S2. The highest BCUT2D eigenvalue weighted by atomic mass is 32.2. The summed E-state index contributed by atoms with van der Waals surface area (Å²) in [5.41, 5.74) is 0.707. The van der Waals surface area contributed by atoms with Crippen molar-refractivity contribution in [1.82, 2.24) is 5.32 Å². The van der Waals surface area contributed by atoms with Crippen LogP contribution < -0.4 is 10.1 Å². The van der Waals surface area contributed by atoms with E-state index in [4.69, 9.17) is 5.11 Å². The second-order valence-corrected chi connectivity index (χ2v) is 6.59. The van der Waals surface area contributed by atoms with E-state index >= 15 is 0 Å². The van der Waals surface area contributed by atoms with E-state index in [9.17, 15) is 22.8 Å². The van der Waals surface area contributed by atoms with Gasteiger partial charge in [-0.1, -0.05) is 19.1 Å². The molecule has 1 rings (SSSR count). The molecule has 0 bridgehead atoms. The van der Waals surface area contributed by atoms with E-state index in [1.54, 1.807) is 6.92 Å². The van der Waals surface area contributed by atoms with E-state index in [1.165, 1.54) is 36.0 Å². The summed E-state index contributed by atoms with van der Waals surface area (Å²) < 4.78 is 40.0. The van der Waals surface area contributed by atoms with Gasteiger partial charge >= 0.3 is 12.3 Å². The van der Waals surface area contributed by atoms with Gasteiger partial charge in [-0.05, 0) is 17.7 Å². The predicted molar refractivity (Wildman–Crippen MR) is 91.9 cm³/mol. The molecule has 0 aliphatic heterocycles. The average molecular weight is 397 g/mol. The summed E-state index contributed by atoms with van der Waals surface area (Å²) >= 11 is 5.23. The zero-order chi connectivity index (χ0) is 19.0. The Kier molecular flexibility index (Phi) is 8.43. The van der Waals surface area contributed by atoms with Gasteiger partial charge in [-0.15, -0.1) is 13.2 Å². The Balaban J connectivity index is 2.50. The maximum Gasteiger partial charge on any atom is 0.573 e. The number of carbonyl (C=O) groups is 2. The molecule has 25 heavy (non-hydrogen) atoms. The second-order valence-electron chi connectivity index (χ2n) is 5.19. The molecule has 0 aromatic heterocycles. The monoisotopic (exact) mass is 397 g/mol. The lowest BCUT2D eigenvalue weighted by molar-refractivity contribution is -0.274. The van der Waals surface area contributed by atoms with Crippen LogP contribution >= 0.6 is 24.4 Å². The number of hydrogen-bond acceptors (Lipinski definition) is 5. The van der Waals surface area contributed by atoms with Crippen LogP contribution in [0, 0.1) is 5.92 Å². The zero-order valence-electron chi connectivity index (χ0n) is 13.2. The van der Waals surface area contributed by atoms with E-state index < -0.39 is 30.2 Å². The highest BCUT2D eigenvalue weighted by Gasteiger charge is 2.31. The molecule has 0 saturated heterocycles. The fourth-order valence-electron chi connectivity index (χ4n) is 1.65.